The van der Waals surface area contributed by atoms with Gasteiger partial charge in [0, 0.05) is 16.9 Å². The van der Waals surface area contributed by atoms with Crippen molar-refractivity contribution >= 4 is 17.1 Å². The predicted octanol–water partition coefficient (Wildman–Crippen LogP) is 14.5. The molecule has 0 saturated carbocycles. The summed E-state index contributed by atoms with van der Waals surface area (Å²) in [6, 6.07) is 78.3. The Kier molecular flexibility index (Phi) is 6.62. The summed E-state index contributed by atoms with van der Waals surface area (Å²) in [5, 5.41) is 0. The fourth-order valence-corrected chi connectivity index (χ4v) is 10.1. The summed E-state index contributed by atoms with van der Waals surface area (Å²) in [5.74, 6) is 0. The van der Waals surface area contributed by atoms with Crippen LogP contribution in [0.1, 0.15) is 22.3 Å². The van der Waals surface area contributed by atoms with Gasteiger partial charge in [-0.1, -0.05) is 176 Å². The Bertz CT molecular complexity index is 2980. The SMILES string of the molecule is c1ccc(-c2cccc(N(c3ccc(-c4ccc5c(c4)C46c7ccccc7-c7cccc(c74)-c4cccc-5c46)cc3)c3ccccc3-c3ccccc3)c2)cc1. The van der Waals surface area contributed by atoms with E-state index < -0.39 is 0 Å². The van der Waals surface area contributed by atoms with Crippen LogP contribution >= 0.6 is 0 Å². The van der Waals surface area contributed by atoms with Gasteiger partial charge in [0.1, 0.15) is 0 Å². The highest BCUT2D eigenvalue weighted by atomic mass is 15.1. The number of rotatable bonds is 6. The normalized spacial score (nSPS) is 14.9. The van der Waals surface area contributed by atoms with E-state index >= 15 is 0 Å². The van der Waals surface area contributed by atoms with Crippen molar-refractivity contribution in [3.05, 3.63) is 235 Å². The van der Waals surface area contributed by atoms with E-state index in [9.17, 15) is 0 Å². The molecule has 1 atom stereocenters. The first-order valence-corrected chi connectivity index (χ1v) is 19.5. The van der Waals surface area contributed by atoms with Crippen molar-refractivity contribution in [2.24, 2.45) is 0 Å². The average molecular weight is 710 g/mol. The van der Waals surface area contributed by atoms with E-state index in [0.29, 0.717) is 0 Å². The van der Waals surface area contributed by atoms with E-state index in [4.69, 9.17) is 0 Å². The van der Waals surface area contributed by atoms with Crippen molar-refractivity contribution in [1.82, 2.24) is 0 Å². The molecule has 0 aliphatic heterocycles. The number of anilines is 3. The van der Waals surface area contributed by atoms with E-state index in [1.807, 2.05) is 0 Å². The quantitative estimate of drug-likeness (QED) is 0.166. The molecule has 0 amide bonds. The number of nitrogens with zero attached hydrogens (tertiary/aromatic N) is 1. The zero-order valence-electron chi connectivity index (χ0n) is 30.7. The molecule has 56 heavy (non-hydrogen) atoms. The second kappa shape index (κ2) is 11.9. The van der Waals surface area contributed by atoms with E-state index in [0.717, 1.165) is 17.1 Å². The lowest BCUT2D eigenvalue weighted by molar-refractivity contribution is 0.818. The van der Waals surface area contributed by atoms with Crippen LogP contribution in [-0.4, -0.2) is 0 Å². The monoisotopic (exact) mass is 709 g/mol. The third-order valence-electron chi connectivity index (χ3n) is 12.4. The molecule has 3 aliphatic rings. The number of hydrogen-bond acceptors (Lipinski definition) is 1. The van der Waals surface area contributed by atoms with Gasteiger partial charge in [0.2, 0.25) is 0 Å². The fraction of sp³-hybridized carbons (Fsp3) is 0.0182. The third kappa shape index (κ3) is 4.26. The molecule has 0 aromatic heterocycles. The summed E-state index contributed by atoms with van der Waals surface area (Å²) in [6.07, 6.45) is 0. The van der Waals surface area contributed by atoms with Crippen LogP contribution in [0.4, 0.5) is 17.1 Å². The minimum atomic E-state index is -0.290. The number of hydrogen-bond donors (Lipinski definition) is 0. The second-order valence-electron chi connectivity index (χ2n) is 15.2. The summed E-state index contributed by atoms with van der Waals surface area (Å²) in [4.78, 5) is 2.41. The van der Waals surface area contributed by atoms with Crippen LogP contribution in [0.15, 0.2) is 212 Å². The minimum Gasteiger partial charge on any atom is -0.310 e. The maximum Gasteiger partial charge on any atom is 0.0737 e. The van der Waals surface area contributed by atoms with Gasteiger partial charge in [-0.15, -0.1) is 0 Å². The van der Waals surface area contributed by atoms with Gasteiger partial charge in [0.25, 0.3) is 0 Å². The highest BCUT2D eigenvalue weighted by Crippen LogP contribution is 2.70. The Labute approximate surface area is 327 Å². The van der Waals surface area contributed by atoms with E-state index in [-0.39, 0.29) is 5.41 Å². The third-order valence-corrected chi connectivity index (χ3v) is 12.4. The van der Waals surface area contributed by atoms with Crippen molar-refractivity contribution in [3.8, 4) is 66.8 Å². The fourth-order valence-electron chi connectivity index (χ4n) is 10.1. The molecule has 260 valence electrons. The van der Waals surface area contributed by atoms with Gasteiger partial charge in [-0.2, -0.15) is 0 Å². The smallest absolute Gasteiger partial charge is 0.0737 e. The van der Waals surface area contributed by atoms with Crippen LogP contribution in [0.5, 0.6) is 0 Å². The summed E-state index contributed by atoms with van der Waals surface area (Å²) < 4.78 is 0. The zero-order valence-corrected chi connectivity index (χ0v) is 30.7. The highest BCUT2D eigenvalue weighted by Gasteiger charge is 2.57. The van der Waals surface area contributed by atoms with Crippen molar-refractivity contribution in [3.63, 3.8) is 0 Å². The molecule has 0 fully saturated rings. The number of fused-ring (bicyclic) bond motifs is 5. The molecule has 0 saturated heterocycles. The molecule has 12 rings (SSSR count). The standard InChI is InChI=1S/C55H35N/c1-3-14-36(15-4-1)39-18-11-19-42(34-39)56(52-27-10-8-20-43(52)38-16-5-2-6-17-38)41-31-28-37(29-32-41)40-30-33-45-47-23-13-25-49-48-24-12-22-46-44-21-7-9-26-50(44)55(53(46)48,54(47)49)51(45)35-40/h1-35H. The first kappa shape index (κ1) is 31.2. The Hall–Kier alpha value is -7.22. The molecule has 0 bridgehead atoms. The van der Waals surface area contributed by atoms with Crippen LogP contribution in [0, 0.1) is 0 Å². The van der Waals surface area contributed by atoms with Crippen molar-refractivity contribution in [2.45, 2.75) is 5.41 Å². The van der Waals surface area contributed by atoms with Crippen LogP contribution in [0.2, 0.25) is 0 Å². The molecule has 0 radical (unpaired) electrons. The minimum absolute atomic E-state index is 0.290. The molecule has 1 heteroatoms. The number of para-hydroxylation sites is 1. The Morgan fingerprint density at radius 1 is 0.268 bits per heavy atom. The van der Waals surface area contributed by atoms with Crippen LogP contribution in [-0.2, 0) is 5.41 Å². The van der Waals surface area contributed by atoms with Crippen LogP contribution in [0.25, 0.3) is 66.8 Å². The van der Waals surface area contributed by atoms with Crippen LogP contribution < -0.4 is 4.90 Å². The first-order valence-electron chi connectivity index (χ1n) is 19.5. The van der Waals surface area contributed by atoms with E-state index in [2.05, 4.69) is 217 Å². The molecule has 1 unspecified atom stereocenters. The van der Waals surface area contributed by atoms with E-state index in [1.54, 1.807) is 0 Å². The molecule has 3 aliphatic carbocycles. The predicted molar refractivity (Wildman–Crippen MR) is 233 cm³/mol. The van der Waals surface area contributed by atoms with Crippen molar-refractivity contribution in [1.29, 1.82) is 0 Å². The Morgan fingerprint density at radius 2 is 0.750 bits per heavy atom. The lowest BCUT2D eigenvalue weighted by Crippen LogP contribution is -2.23. The van der Waals surface area contributed by atoms with Gasteiger partial charge in [0.15, 0.2) is 0 Å². The summed E-state index contributed by atoms with van der Waals surface area (Å²) in [6.45, 7) is 0. The summed E-state index contributed by atoms with van der Waals surface area (Å²) >= 11 is 0. The molecule has 9 aromatic rings. The Morgan fingerprint density at radius 3 is 1.46 bits per heavy atom. The molecule has 0 heterocycles. The molecule has 1 nitrogen and oxygen atoms in total. The molecule has 1 spiro atoms. The van der Waals surface area contributed by atoms with Crippen molar-refractivity contribution in [2.75, 3.05) is 4.90 Å². The van der Waals surface area contributed by atoms with E-state index in [1.165, 1.54) is 89.0 Å². The van der Waals surface area contributed by atoms with Crippen molar-refractivity contribution < 1.29 is 0 Å². The first-order chi connectivity index (χ1) is 27.8. The lowest BCUT2D eigenvalue weighted by atomic mass is 9.73. The van der Waals surface area contributed by atoms with Gasteiger partial charge >= 0.3 is 0 Å². The average Bonchev–Trinajstić information content (AvgIpc) is 3.87. The van der Waals surface area contributed by atoms with Gasteiger partial charge in [-0.3, -0.25) is 0 Å². The van der Waals surface area contributed by atoms with Gasteiger partial charge in [-0.25, -0.2) is 0 Å². The second-order valence-corrected chi connectivity index (χ2v) is 15.2. The topological polar surface area (TPSA) is 3.24 Å². The summed E-state index contributed by atoms with van der Waals surface area (Å²) in [7, 11) is 0. The molecule has 0 N–H and O–H groups in total. The largest absolute Gasteiger partial charge is 0.310 e. The van der Waals surface area contributed by atoms with Crippen LogP contribution in [0.3, 0.4) is 0 Å². The number of benzene rings is 9. The van der Waals surface area contributed by atoms with Gasteiger partial charge in [0.05, 0.1) is 11.1 Å². The van der Waals surface area contributed by atoms with Gasteiger partial charge < -0.3 is 4.90 Å². The zero-order chi connectivity index (χ0) is 36.8. The maximum atomic E-state index is 2.49. The molecular formula is C55H35N. The molecular weight excluding hydrogens is 675 g/mol. The summed E-state index contributed by atoms with van der Waals surface area (Å²) in [5.41, 5.74) is 24.2. The lowest BCUT2D eigenvalue weighted by Gasteiger charge is -2.29. The van der Waals surface area contributed by atoms with Gasteiger partial charge in [-0.05, 0) is 120 Å². The highest BCUT2D eigenvalue weighted by molar-refractivity contribution is 6.06. The molecule has 9 aromatic carbocycles. The Balaban J connectivity index is 1.01. The maximum absolute atomic E-state index is 2.49.